The predicted octanol–water partition coefficient (Wildman–Crippen LogP) is 3.71. The highest BCUT2D eigenvalue weighted by atomic mass is 35.5. The van der Waals surface area contributed by atoms with Gasteiger partial charge in [-0.1, -0.05) is 23.7 Å². The van der Waals surface area contributed by atoms with Crippen molar-refractivity contribution in [3.63, 3.8) is 0 Å². The van der Waals surface area contributed by atoms with Crippen molar-refractivity contribution in [1.82, 2.24) is 9.55 Å². The largest absolute Gasteiger partial charge is 0.369 e. The third-order valence-electron chi connectivity index (χ3n) is 3.13. The molecular formula is C14H11ClFN3. The number of fused-ring (bicyclic) bond motifs is 1. The zero-order valence-electron chi connectivity index (χ0n) is 10.2. The maximum Gasteiger partial charge on any atom is 0.205 e. The molecule has 0 atom stereocenters. The van der Waals surface area contributed by atoms with Crippen molar-refractivity contribution >= 4 is 28.6 Å². The molecule has 0 aliphatic rings. The van der Waals surface area contributed by atoms with E-state index in [1.54, 1.807) is 35.8 Å². The van der Waals surface area contributed by atoms with Crippen LogP contribution < -0.4 is 5.73 Å². The predicted molar refractivity (Wildman–Crippen MR) is 75.2 cm³/mol. The first-order valence-electron chi connectivity index (χ1n) is 5.77. The van der Waals surface area contributed by atoms with Crippen molar-refractivity contribution in [2.24, 2.45) is 0 Å². The molecule has 2 N–H and O–H groups in total. The minimum absolute atomic E-state index is 0.286. The smallest absolute Gasteiger partial charge is 0.205 e. The van der Waals surface area contributed by atoms with Gasteiger partial charge in [-0.05, 0) is 31.2 Å². The first-order valence-corrected chi connectivity index (χ1v) is 6.15. The molecule has 0 aliphatic carbocycles. The molecule has 0 unspecified atom stereocenters. The van der Waals surface area contributed by atoms with Crippen LogP contribution in [0.2, 0.25) is 5.02 Å². The summed E-state index contributed by atoms with van der Waals surface area (Å²) in [6.45, 7) is 1.70. The first kappa shape index (κ1) is 12.0. The Kier molecular flexibility index (Phi) is 2.68. The molecule has 0 fully saturated rings. The van der Waals surface area contributed by atoms with Gasteiger partial charge in [0.15, 0.2) is 0 Å². The van der Waals surface area contributed by atoms with Crippen molar-refractivity contribution in [3.05, 3.63) is 52.8 Å². The molecule has 3 nitrogen and oxygen atoms in total. The van der Waals surface area contributed by atoms with Crippen molar-refractivity contribution < 1.29 is 4.39 Å². The van der Waals surface area contributed by atoms with Gasteiger partial charge in [-0.2, -0.15) is 0 Å². The fourth-order valence-corrected chi connectivity index (χ4v) is 2.44. The Morgan fingerprint density at radius 3 is 2.74 bits per heavy atom. The zero-order valence-corrected chi connectivity index (χ0v) is 10.9. The summed E-state index contributed by atoms with van der Waals surface area (Å²) in [7, 11) is 0. The van der Waals surface area contributed by atoms with Crippen molar-refractivity contribution in [1.29, 1.82) is 0 Å². The maximum atomic E-state index is 13.7. The Hall–Kier alpha value is -2.07. The van der Waals surface area contributed by atoms with Gasteiger partial charge in [-0.25, -0.2) is 9.37 Å². The second-order valence-electron chi connectivity index (χ2n) is 4.30. The second-order valence-corrected chi connectivity index (χ2v) is 4.70. The van der Waals surface area contributed by atoms with Gasteiger partial charge >= 0.3 is 0 Å². The van der Waals surface area contributed by atoms with Crippen LogP contribution in [0.3, 0.4) is 0 Å². The number of para-hydroxylation sites is 1. The number of rotatable bonds is 1. The highest BCUT2D eigenvalue weighted by molar-refractivity contribution is 6.35. The molecule has 0 spiro atoms. The fourth-order valence-electron chi connectivity index (χ4n) is 2.19. The number of nitrogens with two attached hydrogens (primary N) is 1. The number of nitrogens with zero attached hydrogens (tertiary/aromatic N) is 2. The number of anilines is 1. The summed E-state index contributed by atoms with van der Waals surface area (Å²) in [5.74, 6) is 0.00241. The topological polar surface area (TPSA) is 43.8 Å². The van der Waals surface area contributed by atoms with Crippen molar-refractivity contribution in [2.75, 3.05) is 5.73 Å². The minimum Gasteiger partial charge on any atom is -0.369 e. The third-order valence-corrected chi connectivity index (χ3v) is 3.44. The highest BCUT2D eigenvalue weighted by Gasteiger charge is 2.15. The Morgan fingerprint density at radius 1 is 1.21 bits per heavy atom. The van der Waals surface area contributed by atoms with Crippen molar-refractivity contribution in [2.45, 2.75) is 6.92 Å². The van der Waals surface area contributed by atoms with E-state index < -0.39 is 0 Å². The molecule has 96 valence electrons. The molecule has 0 radical (unpaired) electrons. The van der Waals surface area contributed by atoms with Gasteiger partial charge in [0.25, 0.3) is 0 Å². The Balaban J connectivity index is 2.43. The second kappa shape index (κ2) is 4.24. The summed E-state index contributed by atoms with van der Waals surface area (Å²) < 4.78 is 15.4. The van der Waals surface area contributed by atoms with E-state index in [2.05, 4.69) is 4.98 Å². The number of hydrogen-bond acceptors (Lipinski definition) is 2. The van der Waals surface area contributed by atoms with Gasteiger partial charge in [-0.3, -0.25) is 4.57 Å². The average Bonchev–Trinajstić information content (AvgIpc) is 2.71. The van der Waals surface area contributed by atoms with Crippen molar-refractivity contribution in [3.8, 4) is 5.69 Å². The molecule has 5 heteroatoms. The van der Waals surface area contributed by atoms with E-state index in [0.717, 1.165) is 0 Å². The van der Waals surface area contributed by atoms with Gasteiger partial charge in [0, 0.05) is 5.56 Å². The average molecular weight is 276 g/mol. The van der Waals surface area contributed by atoms with E-state index in [9.17, 15) is 4.39 Å². The summed E-state index contributed by atoms with van der Waals surface area (Å²) in [6, 6.07) is 10.2. The lowest BCUT2D eigenvalue weighted by molar-refractivity contribution is 0.617. The van der Waals surface area contributed by atoms with Crippen LogP contribution in [0, 0.1) is 12.7 Å². The standard InChI is InChI=1S/C14H11ClFN3/c1-8-10(16)5-3-7-12(8)19-13-9(15)4-2-6-11(13)18-14(19)17/h2-7H,1H3,(H2,17,18). The quantitative estimate of drug-likeness (QED) is 0.736. The molecule has 0 saturated carbocycles. The minimum atomic E-state index is -0.286. The monoisotopic (exact) mass is 275 g/mol. The molecule has 19 heavy (non-hydrogen) atoms. The Labute approximate surface area is 114 Å². The molecule has 1 heterocycles. The van der Waals surface area contributed by atoms with E-state index in [1.165, 1.54) is 6.07 Å². The molecule has 3 rings (SSSR count). The number of aromatic nitrogens is 2. The van der Waals surface area contributed by atoms with Crippen LogP contribution >= 0.6 is 11.6 Å². The molecule has 2 aromatic carbocycles. The summed E-state index contributed by atoms with van der Waals surface area (Å²) in [5.41, 5.74) is 8.48. The van der Waals surface area contributed by atoms with Gasteiger partial charge in [0.2, 0.25) is 5.95 Å². The lowest BCUT2D eigenvalue weighted by atomic mass is 10.2. The number of halogens is 2. The van der Waals surface area contributed by atoms with E-state index >= 15 is 0 Å². The number of nitrogen functional groups attached to an aromatic ring is 1. The summed E-state index contributed by atoms with van der Waals surface area (Å²) in [6.07, 6.45) is 0. The van der Waals surface area contributed by atoms with Gasteiger partial charge in [-0.15, -0.1) is 0 Å². The maximum absolute atomic E-state index is 13.7. The lowest BCUT2D eigenvalue weighted by Gasteiger charge is -2.11. The van der Waals surface area contributed by atoms with E-state index in [1.807, 2.05) is 6.07 Å². The van der Waals surface area contributed by atoms with E-state index in [0.29, 0.717) is 27.3 Å². The molecule has 0 bridgehead atoms. The molecule has 1 aromatic heterocycles. The Bertz CT molecular complexity index is 780. The number of imidazole rings is 1. The summed E-state index contributed by atoms with van der Waals surface area (Å²) in [5, 5.41) is 0.533. The van der Waals surface area contributed by atoms with Crippen LogP contribution in [0.1, 0.15) is 5.56 Å². The molecule has 0 aliphatic heterocycles. The Morgan fingerprint density at radius 2 is 1.95 bits per heavy atom. The van der Waals surface area contributed by atoms with Crippen LogP contribution in [-0.4, -0.2) is 9.55 Å². The first-order chi connectivity index (χ1) is 9.09. The third kappa shape index (κ3) is 1.76. The SMILES string of the molecule is Cc1c(F)cccc1-n1c(N)nc2cccc(Cl)c21. The van der Waals surface area contributed by atoms with Crippen LogP contribution in [0.5, 0.6) is 0 Å². The van der Waals surface area contributed by atoms with Gasteiger partial charge < -0.3 is 5.73 Å². The summed E-state index contributed by atoms with van der Waals surface area (Å²) in [4.78, 5) is 4.25. The number of benzene rings is 2. The molecular weight excluding hydrogens is 265 g/mol. The molecule has 0 amide bonds. The van der Waals surface area contributed by atoms with Crippen LogP contribution in [0.15, 0.2) is 36.4 Å². The zero-order chi connectivity index (χ0) is 13.6. The van der Waals surface area contributed by atoms with Crippen LogP contribution in [-0.2, 0) is 0 Å². The van der Waals surface area contributed by atoms with E-state index in [-0.39, 0.29) is 11.8 Å². The van der Waals surface area contributed by atoms with E-state index in [4.69, 9.17) is 17.3 Å². The number of hydrogen-bond donors (Lipinski definition) is 1. The summed E-state index contributed by atoms with van der Waals surface area (Å²) >= 11 is 6.21. The lowest BCUT2D eigenvalue weighted by Crippen LogP contribution is -2.03. The van der Waals surface area contributed by atoms with Gasteiger partial charge in [0.1, 0.15) is 5.82 Å². The van der Waals surface area contributed by atoms with Gasteiger partial charge in [0.05, 0.1) is 21.7 Å². The fraction of sp³-hybridized carbons (Fsp3) is 0.0714. The van der Waals surface area contributed by atoms with Crippen LogP contribution in [0.4, 0.5) is 10.3 Å². The molecule has 0 saturated heterocycles. The normalized spacial score (nSPS) is 11.1. The van der Waals surface area contributed by atoms with Crippen LogP contribution in [0.25, 0.3) is 16.7 Å². The molecule has 3 aromatic rings. The highest BCUT2D eigenvalue weighted by Crippen LogP contribution is 2.30.